The SMILES string of the molecule is COc1cc2c(cc1OC)-c1c(c(Nc3cccc(F)c3)nn1CCOCCOCCN)C2.COc1cc2c(cc1OC)-c1nn(CCOCCOCCN)c(Nc3cccc(F)c3)c1C2. The number of aromatic nitrogens is 4. The van der Waals surface area contributed by atoms with Gasteiger partial charge in [-0.3, -0.25) is 4.68 Å². The van der Waals surface area contributed by atoms with Crippen molar-refractivity contribution in [2.24, 2.45) is 11.5 Å². The first-order valence-corrected chi connectivity index (χ1v) is 21.7. The van der Waals surface area contributed by atoms with Gasteiger partial charge in [0.15, 0.2) is 28.8 Å². The van der Waals surface area contributed by atoms with Gasteiger partial charge in [-0.2, -0.15) is 10.2 Å². The summed E-state index contributed by atoms with van der Waals surface area (Å²) in [6.07, 6.45) is 1.35. The van der Waals surface area contributed by atoms with Crippen LogP contribution in [0.15, 0.2) is 72.8 Å². The van der Waals surface area contributed by atoms with Crippen molar-refractivity contribution < 1.29 is 46.7 Å². The fraction of sp³-hybridized carbons (Fsp3) is 0.375. The summed E-state index contributed by atoms with van der Waals surface area (Å²) in [5, 5.41) is 16.3. The van der Waals surface area contributed by atoms with Gasteiger partial charge >= 0.3 is 0 Å². The minimum Gasteiger partial charge on any atom is -0.493 e. The van der Waals surface area contributed by atoms with E-state index in [0.717, 1.165) is 50.6 Å². The fourth-order valence-corrected chi connectivity index (χ4v) is 7.89. The molecular formula is C48H58F2N8O8. The van der Waals surface area contributed by atoms with Crippen LogP contribution < -0.4 is 41.0 Å². The number of methoxy groups -OCH3 is 4. The van der Waals surface area contributed by atoms with Gasteiger partial charge in [-0.05, 0) is 71.8 Å². The Balaban J connectivity index is 0.000000196. The molecule has 2 heterocycles. The van der Waals surface area contributed by atoms with Crippen molar-refractivity contribution in [3.05, 3.63) is 107 Å². The van der Waals surface area contributed by atoms with E-state index in [4.69, 9.17) is 59.6 Å². The Morgan fingerprint density at radius 3 is 1.58 bits per heavy atom. The normalized spacial score (nSPS) is 11.9. The molecule has 6 aromatic rings. The average molecular weight is 913 g/mol. The highest BCUT2D eigenvalue weighted by Gasteiger charge is 2.31. The van der Waals surface area contributed by atoms with Gasteiger partial charge in [-0.1, -0.05) is 12.1 Å². The summed E-state index contributed by atoms with van der Waals surface area (Å²) in [4.78, 5) is 0. The molecule has 2 aliphatic carbocycles. The van der Waals surface area contributed by atoms with E-state index in [1.165, 1.54) is 24.3 Å². The molecule has 6 N–H and O–H groups in total. The number of benzene rings is 4. The van der Waals surface area contributed by atoms with Crippen LogP contribution in [0.2, 0.25) is 0 Å². The molecule has 16 nitrogen and oxygen atoms in total. The van der Waals surface area contributed by atoms with Crippen molar-refractivity contribution >= 4 is 23.0 Å². The maximum absolute atomic E-state index is 13.8. The molecule has 2 aliphatic rings. The number of nitrogens with two attached hydrogens (primary N) is 2. The highest BCUT2D eigenvalue weighted by molar-refractivity contribution is 5.83. The van der Waals surface area contributed by atoms with Crippen molar-refractivity contribution in [3.8, 4) is 45.5 Å². The van der Waals surface area contributed by atoms with Crippen LogP contribution in [0.25, 0.3) is 22.5 Å². The van der Waals surface area contributed by atoms with E-state index in [-0.39, 0.29) is 11.6 Å². The quantitative estimate of drug-likeness (QED) is 0.0470. The standard InChI is InChI=1S/2C24H29FN4O4/c1-30-21-13-16-12-20-23(19(16)15-22(21)31-2)29(7-9-33-11-10-32-8-6-26)28-24(20)27-18-5-3-4-17(25)14-18;1-30-21-13-16-12-20-23(19(16)15-22(21)31-2)28-29(7-9-33-11-10-32-8-6-26)24(20)27-18-5-3-4-17(25)14-18/h3-5,13-15H,6-12,26H2,1-2H3,(H,27,28);3-5,13-15,27H,6-12,26H2,1-2H3. The van der Waals surface area contributed by atoms with Crippen molar-refractivity contribution in [2.75, 3.05) is 105 Å². The molecule has 8 rings (SSSR count). The third kappa shape index (κ3) is 11.4. The Morgan fingerprint density at radius 1 is 0.545 bits per heavy atom. The van der Waals surface area contributed by atoms with Crippen LogP contribution in [0.4, 0.5) is 31.8 Å². The first-order valence-electron chi connectivity index (χ1n) is 21.7. The van der Waals surface area contributed by atoms with Crippen LogP contribution in [-0.4, -0.2) is 114 Å². The smallest absolute Gasteiger partial charge is 0.161 e. The average Bonchev–Trinajstić information content (AvgIpc) is 4.06. The van der Waals surface area contributed by atoms with E-state index in [9.17, 15) is 8.78 Å². The highest BCUT2D eigenvalue weighted by Crippen LogP contribution is 2.47. The first kappa shape index (κ1) is 47.7. The number of anilines is 4. The Bertz CT molecular complexity index is 2550. The number of halogens is 2. The van der Waals surface area contributed by atoms with E-state index in [1.54, 1.807) is 40.6 Å². The summed E-state index contributed by atoms with van der Waals surface area (Å²) in [6, 6.07) is 20.6. The summed E-state index contributed by atoms with van der Waals surface area (Å²) >= 11 is 0. The predicted molar refractivity (Wildman–Crippen MR) is 248 cm³/mol. The Morgan fingerprint density at radius 2 is 1.03 bits per heavy atom. The first-order chi connectivity index (χ1) is 32.3. The van der Waals surface area contributed by atoms with Gasteiger partial charge in [0.2, 0.25) is 0 Å². The van der Waals surface area contributed by atoms with E-state index in [0.29, 0.717) is 132 Å². The minimum atomic E-state index is -0.306. The van der Waals surface area contributed by atoms with Crippen LogP contribution in [0.3, 0.4) is 0 Å². The van der Waals surface area contributed by atoms with Crippen LogP contribution in [0, 0.1) is 11.6 Å². The Labute approximate surface area is 383 Å². The minimum absolute atomic E-state index is 0.304. The number of ether oxygens (including phenoxy) is 8. The lowest BCUT2D eigenvalue weighted by Crippen LogP contribution is -2.15. The summed E-state index contributed by atoms with van der Waals surface area (Å²) in [5.41, 5.74) is 20.3. The van der Waals surface area contributed by atoms with Crippen LogP contribution in [0.5, 0.6) is 23.0 Å². The zero-order valence-corrected chi connectivity index (χ0v) is 37.8. The molecule has 0 aliphatic heterocycles. The molecule has 0 atom stereocenters. The monoisotopic (exact) mass is 912 g/mol. The number of hydrogen-bond acceptors (Lipinski definition) is 14. The van der Waals surface area contributed by atoms with Gasteiger partial charge in [0.1, 0.15) is 17.5 Å². The lowest BCUT2D eigenvalue weighted by molar-refractivity contribution is 0.0469. The van der Waals surface area contributed by atoms with Gasteiger partial charge < -0.3 is 60.0 Å². The second-order valence-electron chi connectivity index (χ2n) is 15.2. The highest BCUT2D eigenvalue weighted by atomic mass is 19.1. The van der Waals surface area contributed by atoms with Crippen molar-refractivity contribution in [1.29, 1.82) is 0 Å². The van der Waals surface area contributed by atoms with Gasteiger partial charge in [0.25, 0.3) is 0 Å². The van der Waals surface area contributed by atoms with Crippen LogP contribution >= 0.6 is 0 Å². The molecule has 0 bridgehead atoms. The second-order valence-corrected chi connectivity index (χ2v) is 15.2. The largest absolute Gasteiger partial charge is 0.493 e. The molecular weight excluding hydrogens is 855 g/mol. The molecule has 0 unspecified atom stereocenters. The second kappa shape index (κ2) is 23.3. The fourth-order valence-electron chi connectivity index (χ4n) is 7.89. The molecule has 0 saturated carbocycles. The van der Waals surface area contributed by atoms with Gasteiger partial charge in [-0.25, -0.2) is 13.5 Å². The molecule has 18 heteroatoms. The number of fused-ring (bicyclic) bond motifs is 6. The maximum atomic E-state index is 13.8. The number of hydrogen-bond donors (Lipinski definition) is 4. The molecule has 0 amide bonds. The zero-order chi connectivity index (χ0) is 46.4. The molecule has 0 radical (unpaired) electrons. The summed E-state index contributed by atoms with van der Waals surface area (Å²) < 4.78 is 75.3. The summed E-state index contributed by atoms with van der Waals surface area (Å²) in [5.74, 6) is 3.56. The summed E-state index contributed by atoms with van der Waals surface area (Å²) in [6.45, 7) is 6.01. The van der Waals surface area contributed by atoms with Crippen LogP contribution in [-0.2, 0) is 44.9 Å². The van der Waals surface area contributed by atoms with Gasteiger partial charge in [0.05, 0.1) is 106 Å². The molecule has 4 aromatic carbocycles. The van der Waals surface area contributed by atoms with Gasteiger partial charge in [-0.15, -0.1) is 0 Å². The van der Waals surface area contributed by atoms with E-state index in [1.807, 2.05) is 45.8 Å². The Kier molecular flexibility index (Phi) is 16.8. The van der Waals surface area contributed by atoms with Crippen molar-refractivity contribution in [3.63, 3.8) is 0 Å². The molecule has 352 valence electrons. The van der Waals surface area contributed by atoms with Crippen LogP contribution in [0.1, 0.15) is 22.3 Å². The molecule has 0 spiro atoms. The van der Waals surface area contributed by atoms with Crippen molar-refractivity contribution in [2.45, 2.75) is 25.9 Å². The maximum Gasteiger partial charge on any atom is 0.161 e. The predicted octanol–water partition coefficient (Wildman–Crippen LogP) is 6.69. The zero-order valence-electron chi connectivity index (χ0n) is 37.8. The number of rotatable bonds is 24. The van der Waals surface area contributed by atoms with Crippen molar-refractivity contribution in [1.82, 2.24) is 19.6 Å². The topological polar surface area (TPSA) is 186 Å². The lowest BCUT2D eigenvalue weighted by Gasteiger charge is -2.13. The molecule has 2 aromatic heterocycles. The number of nitrogens with one attached hydrogen (secondary N) is 2. The lowest BCUT2D eigenvalue weighted by atomic mass is 10.1. The van der Waals surface area contributed by atoms with E-state index < -0.39 is 0 Å². The molecule has 66 heavy (non-hydrogen) atoms. The molecule has 0 saturated heterocycles. The molecule has 0 fully saturated rings. The van der Waals surface area contributed by atoms with Gasteiger partial charge in [0, 0.05) is 59.6 Å². The summed E-state index contributed by atoms with van der Waals surface area (Å²) in [7, 11) is 6.48. The Hall–Kier alpha value is -6.28. The number of nitrogens with zero attached hydrogens (tertiary/aromatic N) is 4. The third-order valence-electron chi connectivity index (χ3n) is 10.9. The van der Waals surface area contributed by atoms with E-state index >= 15 is 0 Å². The third-order valence-corrected chi connectivity index (χ3v) is 10.9. The van der Waals surface area contributed by atoms with E-state index in [2.05, 4.69) is 10.6 Å².